The van der Waals surface area contributed by atoms with Crippen molar-refractivity contribution in [1.29, 1.82) is 0 Å². The van der Waals surface area contributed by atoms with Crippen molar-refractivity contribution >= 4 is 11.3 Å². The van der Waals surface area contributed by atoms with Crippen LogP contribution in [0.1, 0.15) is 53.9 Å². The highest BCUT2D eigenvalue weighted by Crippen LogP contribution is 2.37. The van der Waals surface area contributed by atoms with Crippen LogP contribution < -0.4 is 5.32 Å². The van der Waals surface area contributed by atoms with Gasteiger partial charge in [-0.1, -0.05) is 24.1 Å². The molecular weight excluding hydrogens is 276 g/mol. The lowest BCUT2D eigenvalue weighted by Gasteiger charge is -2.22. The fraction of sp³-hybridized carbons (Fsp3) is 0.500. The Balaban J connectivity index is 1.93. The van der Waals surface area contributed by atoms with Gasteiger partial charge in [-0.2, -0.15) is 0 Å². The summed E-state index contributed by atoms with van der Waals surface area (Å²) in [5.74, 6) is 0. The van der Waals surface area contributed by atoms with Gasteiger partial charge in [-0.15, -0.1) is 11.3 Å². The second-order valence-electron chi connectivity index (χ2n) is 6.10. The van der Waals surface area contributed by atoms with E-state index in [2.05, 4.69) is 44.3 Å². The molecule has 2 aromatic rings. The molecule has 0 radical (unpaired) electrons. The zero-order valence-corrected chi connectivity index (χ0v) is 14.0. The Kier molecular flexibility index (Phi) is 4.41. The molecule has 0 fully saturated rings. The first-order valence-corrected chi connectivity index (χ1v) is 8.80. The van der Waals surface area contributed by atoms with Crippen LogP contribution >= 0.6 is 11.3 Å². The maximum absolute atomic E-state index is 4.99. The van der Waals surface area contributed by atoms with E-state index in [-0.39, 0.29) is 0 Å². The van der Waals surface area contributed by atoms with Crippen LogP contribution in [0.3, 0.4) is 0 Å². The Morgan fingerprint density at radius 3 is 2.71 bits per heavy atom. The molecule has 1 N–H and O–H groups in total. The zero-order chi connectivity index (χ0) is 14.8. The fourth-order valence-electron chi connectivity index (χ4n) is 3.16. The summed E-state index contributed by atoms with van der Waals surface area (Å²) in [5, 5.41) is 4.85. The summed E-state index contributed by atoms with van der Waals surface area (Å²) >= 11 is 1.89. The SMILES string of the molecule is CCCNC1CCCc2sc(-c3cc(C)cc(C)c3)nc21. The molecule has 2 nitrogen and oxygen atoms in total. The fourth-order valence-corrected chi connectivity index (χ4v) is 4.31. The third-order valence-electron chi connectivity index (χ3n) is 4.06. The number of hydrogen-bond acceptors (Lipinski definition) is 3. The molecule has 3 rings (SSSR count). The summed E-state index contributed by atoms with van der Waals surface area (Å²) < 4.78 is 0. The number of benzene rings is 1. The van der Waals surface area contributed by atoms with Gasteiger partial charge >= 0.3 is 0 Å². The van der Waals surface area contributed by atoms with Crippen LogP contribution in [-0.2, 0) is 6.42 Å². The van der Waals surface area contributed by atoms with Crippen LogP contribution in [0.2, 0.25) is 0 Å². The van der Waals surface area contributed by atoms with E-state index in [1.807, 2.05) is 11.3 Å². The molecule has 1 aliphatic rings. The Morgan fingerprint density at radius 1 is 1.24 bits per heavy atom. The van der Waals surface area contributed by atoms with E-state index in [1.54, 1.807) is 0 Å². The molecule has 0 saturated heterocycles. The van der Waals surface area contributed by atoms with Gasteiger partial charge in [-0.3, -0.25) is 0 Å². The molecule has 0 saturated carbocycles. The van der Waals surface area contributed by atoms with Gasteiger partial charge in [-0.25, -0.2) is 4.98 Å². The number of thiazole rings is 1. The average Bonchev–Trinajstić information content (AvgIpc) is 2.88. The van der Waals surface area contributed by atoms with E-state index in [0.29, 0.717) is 6.04 Å². The van der Waals surface area contributed by atoms with E-state index in [1.165, 1.54) is 58.0 Å². The summed E-state index contributed by atoms with van der Waals surface area (Å²) in [5.41, 5.74) is 5.23. The molecule has 1 aromatic heterocycles. The molecule has 1 atom stereocenters. The quantitative estimate of drug-likeness (QED) is 0.877. The lowest BCUT2D eigenvalue weighted by molar-refractivity contribution is 0.454. The molecule has 3 heteroatoms. The lowest BCUT2D eigenvalue weighted by atomic mass is 9.97. The van der Waals surface area contributed by atoms with E-state index in [4.69, 9.17) is 4.98 Å². The maximum Gasteiger partial charge on any atom is 0.123 e. The van der Waals surface area contributed by atoms with Gasteiger partial charge in [0.2, 0.25) is 0 Å². The molecule has 1 unspecified atom stereocenters. The first-order chi connectivity index (χ1) is 10.2. The van der Waals surface area contributed by atoms with Gasteiger partial charge in [0.1, 0.15) is 5.01 Å². The number of hydrogen-bond donors (Lipinski definition) is 1. The van der Waals surface area contributed by atoms with Crippen LogP contribution in [0.4, 0.5) is 0 Å². The van der Waals surface area contributed by atoms with E-state index in [9.17, 15) is 0 Å². The monoisotopic (exact) mass is 300 g/mol. The van der Waals surface area contributed by atoms with Crippen molar-refractivity contribution in [2.75, 3.05) is 6.54 Å². The summed E-state index contributed by atoms with van der Waals surface area (Å²) in [6, 6.07) is 7.20. The first-order valence-electron chi connectivity index (χ1n) is 7.99. The molecule has 1 aliphatic carbocycles. The predicted molar refractivity (Wildman–Crippen MR) is 91.0 cm³/mol. The van der Waals surface area contributed by atoms with Crippen molar-refractivity contribution < 1.29 is 0 Å². The zero-order valence-electron chi connectivity index (χ0n) is 13.2. The summed E-state index contributed by atoms with van der Waals surface area (Å²) in [6.45, 7) is 7.63. The van der Waals surface area contributed by atoms with Crippen molar-refractivity contribution in [2.24, 2.45) is 0 Å². The Labute approximate surface area is 131 Å². The Bertz CT molecular complexity index is 610. The van der Waals surface area contributed by atoms with Gasteiger partial charge in [0.25, 0.3) is 0 Å². The van der Waals surface area contributed by atoms with Crippen LogP contribution in [0.5, 0.6) is 0 Å². The Morgan fingerprint density at radius 2 is 2.00 bits per heavy atom. The van der Waals surface area contributed by atoms with Crippen LogP contribution in [0, 0.1) is 13.8 Å². The molecular formula is C18H24N2S. The first kappa shape index (κ1) is 14.7. The van der Waals surface area contributed by atoms with Crippen LogP contribution in [0.15, 0.2) is 18.2 Å². The molecule has 0 spiro atoms. The summed E-state index contributed by atoms with van der Waals surface area (Å²) in [7, 11) is 0. The second-order valence-corrected chi connectivity index (χ2v) is 7.19. The third kappa shape index (κ3) is 3.19. The normalized spacial score (nSPS) is 17.8. The van der Waals surface area contributed by atoms with Crippen molar-refractivity contribution in [3.8, 4) is 10.6 Å². The standard InChI is InChI=1S/C18H24N2S/c1-4-8-19-15-6-5-7-16-17(15)20-18(21-16)14-10-12(2)9-13(3)11-14/h9-11,15,19H,4-8H2,1-3H3. The number of nitrogens with one attached hydrogen (secondary N) is 1. The van der Waals surface area contributed by atoms with Crippen LogP contribution in [-0.4, -0.2) is 11.5 Å². The van der Waals surface area contributed by atoms with Gasteiger partial charge in [0.15, 0.2) is 0 Å². The Hall–Kier alpha value is -1.19. The topological polar surface area (TPSA) is 24.9 Å². The van der Waals surface area contributed by atoms with Crippen molar-refractivity contribution in [3.05, 3.63) is 39.9 Å². The summed E-state index contributed by atoms with van der Waals surface area (Å²) in [6.07, 6.45) is 4.88. The van der Waals surface area contributed by atoms with E-state index >= 15 is 0 Å². The highest BCUT2D eigenvalue weighted by molar-refractivity contribution is 7.15. The highest BCUT2D eigenvalue weighted by Gasteiger charge is 2.24. The number of aryl methyl sites for hydroxylation is 3. The van der Waals surface area contributed by atoms with E-state index in [0.717, 1.165) is 6.54 Å². The molecule has 1 aromatic carbocycles. The maximum atomic E-state index is 4.99. The third-order valence-corrected chi connectivity index (χ3v) is 5.24. The molecule has 0 amide bonds. The lowest BCUT2D eigenvalue weighted by Crippen LogP contribution is -2.25. The van der Waals surface area contributed by atoms with Crippen LogP contribution in [0.25, 0.3) is 10.6 Å². The molecule has 0 bridgehead atoms. The highest BCUT2D eigenvalue weighted by atomic mass is 32.1. The van der Waals surface area contributed by atoms with Crippen molar-refractivity contribution in [1.82, 2.24) is 10.3 Å². The van der Waals surface area contributed by atoms with Crippen molar-refractivity contribution in [2.45, 2.75) is 52.5 Å². The number of rotatable bonds is 4. The smallest absolute Gasteiger partial charge is 0.123 e. The van der Waals surface area contributed by atoms with Gasteiger partial charge in [-0.05, 0) is 58.2 Å². The average molecular weight is 300 g/mol. The molecule has 112 valence electrons. The van der Waals surface area contributed by atoms with Gasteiger partial charge in [0, 0.05) is 10.4 Å². The minimum absolute atomic E-state index is 0.463. The van der Waals surface area contributed by atoms with E-state index < -0.39 is 0 Å². The largest absolute Gasteiger partial charge is 0.309 e. The minimum Gasteiger partial charge on any atom is -0.309 e. The second kappa shape index (κ2) is 6.29. The van der Waals surface area contributed by atoms with Gasteiger partial charge in [0.05, 0.1) is 11.7 Å². The number of fused-ring (bicyclic) bond motifs is 1. The number of nitrogens with zero attached hydrogens (tertiary/aromatic N) is 1. The number of aromatic nitrogens is 1. The summed E-state index contributed by atoms with van der Waals surface area (Å²) in [4.78, 5) is 6.48. The minimum atomic E-state index is 0.463. The molecule has 21 heavy (non-hydrogen) atoms. The molecule has 1 heterocycles. The van der Waals surface area contributed by atoms with Crippen molar-refractivity contribution in [3.63, 3.8) is 0 Å². The van der Waals surface area contributed by atoms with Gasteiger partial charge < -0.3 is 5.32 Å². The molecule has 0 aliphatic heterocycles. The predicted octanol–water partition coefficient (Wildman–Crippen LogP) is 4.80.